The summed E-state index contributed by atoms with van der Waals surface area (Å²) in [6.45, 7) is 6.02. The molecule has 21 heavy (non-hydrogen) atoms. The molecule has 0 aromatic heterocycles. The second-order valence-corrected chi connectivity index (χ2v) is 5.64. The zero-order valence-corrected chi connectivity index (χ0v) is 13.0. The van der Waals surface area contributed by atoms with Crippen LogP contribution in [-0.2, 0) is 16.1 Å². The summed E-state index contributed by atoms with van der Waals surface area (Å²) < 4.78 is 0. The molecule has 5 heteroatoms. The number of hydrogen-bond donors (Lipinski definition) is 3. The highest BCUT2D eigenvalue weighted by molar-refractivity contribution is 5.92. The van der Waals surface area contributed by atoms with Crippen LogP contribution in [0.15, 0.2) is 24.3 Å². The fourth-order valence-corrected chi connectivity index (χ4v) is 1.69. The lowest BCUT2D eigenvalue weighted by atomic mass is 10.1. The lowest BCUT2D eigenvalue weighted by molar-refractivity contribution is -0.121. The number of nitrogens with two attached hydrogens (primary N) is 1. The Bertz CT molecular complexity index is 484. The van der Waals surface area contributed by atoms with E-state index in [0.29, 0.717) is 19.4 Å². The van der Waals surface area contributed by atoms with Gasteiger partial charge in [0, 0.05) is 30.6 Å². The predicted molar refractivity (Wildman–Crippen MR) is 84.6 cm³/mol. The minimum absolute atomic E-state index is 0.0103. The van der Waals surface area contributed by atoms with Gasteiger partial charge in [-0.15, -0.1) is 0 Å². The normalized spacial score (nSPS) is 12.0. The van der Waals surface area contributed by atoms with E-state index >= 15 is 0 Å². The van der Waals surface area contributed by atoms with Crippen LogP contribution in [0.4, 0.5) is 5.69 Å². The van der Waals surface area contributed by atoms with Crippen molar-refractivity contribution in [3.05, 3.63) is 29.8 Å². The van der Waals surface area contributed by atoms with Crippen molar-refractivity contribution in [3.63, 3.8) is 0 Å². The van der Waals surface area contributed by atoms with Gasteiger partial charge in [0.2, 0.25) is 11.8 Å². The largest absolute Gasteiger partial charge is 0.352 e. The van der Waals surface area contributed by atoms with Crippen molar-refractivity contribution in [1.82, 2.24) is 5.32 Å². The topological polar surface area (TPSA) is 84.2 Å². The molecule has 4 N–H and O–H groups in total. The van der Waals surface area contributed by atoms with E-state index in [9.17, 15) is 9.59 Å². The Morgan fingerprint density at radius 3 is 2.57 bits per heavy atom. The Morgan fingerprint density at radius 1 is 1.24 bits per heavy atom. The molecule has 0 aliphatic carbocycles. The fourth-order valence-electron chi connectivity index (χ4n) is 1.69. The number of carbonyl (C=O) groups is 2. The summed E-state index contributed by atoms with van der Waals surface area (Å²) >= 11 is 0. The molecule has 0 heterocycles. The molecule has 0 aliphatic rings. The van der Waals surface area contributed by atoms with Crippen molar-refractivity contribution < 1.29 is 9.59 Å². The van der Waals surface area contributed by atoms with Crippen LogP contribution in [0.2, 0.25) is 0 Å². The highest BCUT2D eigenvalue weighted by Gasteiger charge is 2.08. The van der Waals surface area contributed by atoms with Crippen LogP contribution in [-0.4, -0.2) is 17.9 Å². The molecule has 5 nitrogen and oxygen atoms in total. The Morgan fingerprint density at radius 2 is 1.95 bits per heavy atom. The van der Waals surface area contributed by atoms with Gasteiger partial charge in [-0.05, 0) is 31.0 Å². The molecule has 0 bridgehead atoms. The molecule has 0 saturated carbocycles. The van der Waals surface area contributed by atoms with Crippen molar-refractivity contribution >= 4 is 17.5 Å². The van der Waals surface area contributed by atoms with Crippen LogP contribution >= 0.6 is 0 Å². The van der Waals surface area contributed by atoms with Gasteiger partial charge in [0.15, 0.2) is 0 Å². The lowest BCUT2D eigenvalue weighted by Crippen LogP contribution is -2.25. The second kappa shape index (κ2) is 8.42. The predicted octanol–water partition coefficient (Wildman–Crippen LogP) is 2.02. The summed E-state index contributed by atoms with van der Waals surface area (Å²) in [5.41, 5.74) is 7.31. The van der Waals surface area contributed by atoms with Gasteiger partial charge < -0.3 is 16.4 Å². The third kappa shape index (κ3) is 6.90. The van der Waals surface area contributed by atoms with E-state index in [4.69, 9.17) is 5.73 Å². The minimum atomic E-state index is -0.0633. The standard InChI is InChI=1S/C16H25N3O2/c1-11(2)16(21)19-14-6-4-5-13(9-14)10-18-15(20)8-7-12(3)17/h4-6,9,11-12H,7-8,10,17H2,1-3H3,(H,18,20)(H,19,21). The molecule has 1 aromatic rings. The fraction of sp³-hybridized carbons (Fsp3) is 0.500. The van der Waals surface area contributed by atoms with E-state index in [2.05, 4.69) is 10.6 Å². The van der Waals surface area contributed by atoms with Gasteiger partial charge in [-0.3, -0.25) is 9.59 Å². The van der Waals surface area contributed by atoms with Gasteiger partial charge in [0.1, 0.15) is 0 Å². The van der Waals surface area contributed by atoms with Crippen molar-refractivity contribution in [2.45, 2.75) is 46.2 Å². The number of hydrogen-bond acceptors (Lipinski definition) is 3. The van der Waals surface area contributed by atoms with E-state index in [1.807, 2.05) is 45.0 Å². The van der Waals surface area contributed by atoms with E-state index in [-0.39, 0.29) is 23.8 Å². The first-order valence-corrected chi connectivity index (χ1v) is 7.30. The summed E-state index contributed by atoms with van der Waals surface area (Å²) in [6, 6.07) is 7.51. The maximum atomic E-state index is 11.6. The highest BCUT2D eigenvalue weighted by Crippen LogP contribution is 2.12. The number of carbonyl (C=O) groups excluding carboxylic acids is 2. The summed E-state index contributed by atoms with van der Waals surface area (Å²) in [5.74, 6) is -0.0938. The number of anilines is 1. The SMILES string of the molecule is CC(N)CCC(=O)NCc1cccc(NC(=O)C(C)C)c1. The molecule has 1 rings (SSSR count). The first-order valence-electron chi connectivity index (χ1n) is 7.30. The third-order valence-corrected chi connectivity index (χ3v) is 3.04. The second-order valence-electron chi connectivity index (χ2n) is 5.64. The zero-order valence-electron chi connectivity index (χ0n) is 13.0. The van der Waals surface area contributed by atoms with Gasteiger partial charge in [-0.2, -0.15) is 0 Å². The van der Waals surface area contributed by atoms with Gasteiger partial charge in [-0.25, -0.2) is 0 Å². The molecule has 0 aliphatic heterocycles. The van der Waals surface area contributed by atoms with E-state index in [1.54, 1.807) is 0 Å². The van der Waals surface area contributed by atoms with Crippen LogP contribution in [0.5, 0.6) is 0 Å². The van der Waals surface area contributed by atoms with Gasteiger partial charge in [-0.1, -0.05) is 26.0 Å². The average molecular weight is 291 g/mol. The molecule has 1 unspecified atom stereocenters. The zero-order chi connectivity index (χ0) is 15.8. The van der Waals surface area contributed by atoms with Crippen molar-refractivity contribution in [1.29, 1.82) is 0 Å². The molecule has 0 radical (unpaired) electrons. The van der Waals surface area contributed by atoms with Crippen LogP contribution in [0, 0.1) is 5.92 Å². The maximum Gasteiger partial charge on any atom is 0.226 e. The van der Waals surface area contributed by atoms with Gasteiger partial charge in [0.05, 0.1) is 0 Å². The monoisotopic (exact) mass is 291 g/mol. The van der Waals surface area contributed by atoms with Crippen molar-refractivity contribution in [2.75, 3.05) is 5.32 Å². The summed E-state index contributed by atoms with van der Waals surface area (Å²) in [4.78, 5) is 23.3. The molecular formula is C16H25N3O2. The average Bonchev–Trinajstić information content (AvgIpc) is 2.43. The lowest BCUT2D eigenvalue weighted by Gasteiger charge is -2.10. The van der Waals surface area contributed by atoms with Gasteiger partial charge in [0.25, 0.3) is 0 Å². The van der Waals surface area contributed by atoms with E-state index in [0.717, 1.165) is 11.3 Å². The number of benzene rings is 1. The van der Waals surface area contributed by atoms with Crippen molar-refractivity contribution in [2.24, 2.45) is 11.7 Å². The summed E-state index contributed by atoms with van der Waals surface area (Å²) in [5, 5.41) is 5.69. The van der Waals surface area contributed by atoms with Crippen molar-refractivity contribution in [3.8, 4) is 0 Å². The first kappa shape index (κ1) is 17.2. The Hall–Kier alpha value is -1.88. The first-order chi connectivity index (χ1) is 9.88. The minimum Gasteiger partial charge on any atom is -0.352 e. The van der Waals surface area contributed by atoms with Crippen LogP contribution in [0.25, 0.3) is 0 Å². The molecule has 116 valence electrons. The van der Waals surface area contributed by atoms with Crippen LogP contribution < -0.4 is 16.4 Å². The van der Waals surface area contributed by atoms with Crippen LogP contribution in [0.3, 0.4) is 0 Å². The molecule has 2 amide bonds. The number of rotatable bonds is 7. The van der Waals surface area contributed by atoms with Gasteiger partial charge >= 0.3 is 0 Å². The molecule has 1 aromatic carbocycles. The summed E-state index contributed by atoms with van der Waals surface area (Å²) in [6.07, 6.45) is 1.11. The maximum absolute atomic E-state index is 11.6. The Kier molecular flexibility index (Phi) is 6.88. The van der Waals surface area contributed by atoms with E-state index < -0.39 is 0 Å². The van der Waals surface area contributed by atoms with Crippen LogP contribution in [0.1, 0.15) is 39.2 Å². The quantitative estimate of drug-likeness (QED) is 0.718. The highest BCUT2D eigenvalue weighted by atomic mass is 16.2. The molecule has 0 spiro atoms. The number of amides is 2. The molecule has 1 atom stereocenters. The smallest absolute Gasteiger partial charge is 0.226 e. The summed E-state index contributed by atoms with van der Waals surface area (Å²) in [7, 11) is 0. The van der Waals surface area contributed by atoms with E-state index in [1.165, 1.54) is 0 Å². The molecular weight excluding hydrogens is 266 g/mol. The molecule has 0 saturated heterocycles. The Balaban J connectivity index is 2.49. The molecule has 0 fully saturated rings. The third-order valence-electron chi connectivity index (χ3n) is 3.04. The number of nitrogens with one attached hydrogen (secondary N) is 2. The Labute approximate surface area is 126 Å².